The van der Waals surface area contributed by atoms with Gasteiger partial charge in [0.2, 0.25) is 0 Å². The van der Waals surface area contributed by atoms with Gasteiger partial charge in [0.15, 0.2) is 0 Å². The molecule has 1 fully saturated rings. The van der Waals surface area contributed by atoms with Crippen molar-refractivity contribution >= 4 is 11.9 Å². The molecule has 0 aromatic heterocycles. The number of hydrogen-bond donors (Lipinski definition) is 1. The number of nitrogens with zero attached hydrogens (tertiary/aromatic N) is 1. The fourth-order valence-corrected chi connectivity index (χ4v) is 2.62. The van der Waals surface area contributed by atoms with Gasteiger partial charge < -0.3 is 14.7 Å². The first kappa shape index (κ1) is 16.3. The minimum Gasteiger partial charge on any atom is -0.493 e. The summed E-state index contributed by atoms with van der Waals surface area (Å²) in [6.07, 6.45) is 0. The molecule has 0 aliphatic carbocycles. The molecule has 1 saturated heterocycles. The van der Waals surface area contributed by atoms with Crippen LogP contribution in [0.4, 0.5) is 0 Å². The van der Waals surface area contributed by atoms with Crippen molar-refractivity contribution in [1.82, 2.24) is 4.90 Å². The van der Waals surface area contributed by atoms with Crippen LogP contribution in [0.2, 0.25) is 0 Å². The monoisotopic (exact) mass is 305 g/mol. The Morgan fingerprint density at radius 3 is 2.68 bits per heavy atom. The van der Waals surface area contributed by atoms with Crippen LogP contribution >= 0.6 is 0 Å². The lowest BCUT2D eigenvalue weighted by Gasteiger charge is -2.17. The third-order valence-electron chi connectivity index (χ3n) is 3.88. The van der Waals surface area contributed by atoms with Crippen LogP contribution in [0.3, 0.4) is 0 Å². The fourth-order valence-electron chi connectivity index (χ4n) is 2.62. The van der Waals surface area contributed by atoms with E-state index < -0.39 is 11.9 Å². The minimum atomic E-state index is -0.836. The SMILES string of the molecule is CC(C)COc1cccc(C(=O)N2C[C@@H](C)[C@H](C(=O)O)C2)c1. The number of carbonyl (C=O) groups excluding carboxylic acids is 1. The minimum absolute atomic E-state index is 0.0261. The van der Waals surface area contributed by atoms with Gasteiger partial charge in [-0.05, 0) is 30.0 Å². The Hall–Kier alpha value is -2.04. The Labute approximate surface area is 130 Å². The lowest BCUT2D eigenvalue weighted by molar-refractivity contribution is -0.142. The summed E-state index contributed by atoms with van der Waals surface area (Å²) < 4.78 is 5.64. The number of rotatable bonds is 5. The van der Waals surface area contributed by atoms with Crippen LogP contribution in [0.25, 0.3) is 0 Å². The van der Waals surface area contributed by atoms with E-state index in [0.29, 0.717) is 30.4 Å². The molecule has 0 bridgehead atoms. The van der Waals surface area contributed by atoms with E-state index in [1.807, 2.05) is 13.0 Å². The van der Waals surface area contributed by atoms with Gasteiger partial charge in [0, 0.05) is 18.7 Å². The third kappa shape index (κ3) is 3.78. The van der Waals surface area contributed by atoms with E-state index in [1.54, 1.807) is 23.1 Å². The number of carboxylic acid groups (broad SMARTS) is 1. The molecular formula is C17H23NO4. The number of benzene rings is 1. The standard InChI is InChI=1S/C17H23NO4/c1-11(2)10-22-14-6-4-5-13(7-14)16(19)18-8-12(3)15(9-18)17(20)21/h4-7,11-12,15H,8-10H2,1-3H3,(H,20,21)/t12-,15-/m1/s1. The first-order valence-corrected chi connectivity index (χ1v) is 7.63. The molecule has 1 aromatic rings. The second kappa shape index (κ2) is 6.81. The van der Waals surface area contributed by atoms with E-state index in [2.05, 4.69) is 13.8 Å². The molecule has 2 rings (SSSR count). The Balaban J connectivity index is 2.07. The number of amides is 1. The molecule has 1 aromatic carbocycles. The van der Waals surface area contributed by atoms with Crippen molar-refractivity contribution in [2.45, 2.75) is 20.8 Å². The average molecular weight is 305 g/mol. The molecule has 22 heavy (non-hydrogen) atoms. The van der Waals surface area contributed by atoms with Crippen molar-refractivity contribution in [2.75, 3.05) is 19.7 Å². The van der Waals surface area contributed by atoms with E-state index in [9.17, 15) is 9.59 Å². The Kier molecular flexibility index (Phi) is 5.06. The number of ether oxygens (including phenoxy) is 1. The van der Waals surface area contributed by atoms with Crippen molar-refractivity contribution in [3.8, 4) is 5.75 Å². The molecule has 120 valence electrons. The van der Waals surface area contributed by atoms with Crippen LogP contribution in [-0.2, 0) is 4.79 Å². The summed E-state index contributed by atoms with van der Waals surface area (Å²) >= 11 is 0. The summed E-state index contributed by atoms with van der Waals surface area (Å²) in [4.78, 5) is 25.3. The summed E-state index contributed by atoms with van der Waals surface area (Å²) in [7, 11) is 0. The van der Waals surface area contributed by atoms with Gasteiger partial charge in [-0.15, -0.1) is 0 Å². The number of likely N-dealkylation sites (tertiary alicyclic amines) is 1. The van der Waals surface area contributed by atoms with Crippen LogP contribution in [0.1, 0.15) is 31.1 Å². The maximum Gasteiger partial charge on any atom is 0.308 e. The van der Waals surface area contributed by atoms with Gasteiger partial charge in [-0.25, -0.2) is 0 Å². The van der Waals surface area contributed by atoms with Gasteiger partial charge in [-0.2, -0.15) is 0 Å². The normalized spacial score (nSPS) is 21.2. The van der Waals surface area contributed by atoms with Crippen LogP contribution in [-0.4, -0.2) is 41.6 Å². The van der Waals surface area contributed by atoms with Crippen molar-refractivity contribution in [3.05, 3.63) is 29.8 Å². The highest BCUT2D eigenvalue weighted by Crippen LogP contribution is 2.25. The molecule has 5 heteroatoms. The van der Waals surface area contributed by atoms with E-state index in [1.165, 1.54) is 0 Å². The van der Waals surface area contributed by atoms with Gasteiger partial charge in [0.1, 0.15) is 5.75 Å². The highest BCUT2D eigenvalue weighted by molar-refractivity contribution is 5.95. The van der Waals surface area contributed by atoms with Crippen molar-refractivity contribution in [2.24, 2.45) is 17.8 Å². The predicted octanol–water partition coefficient (Wildman–Crippen LogP) is 2.51. The van der Waals surface area contributed by atoms with Gasteiger partial charge >= 0.3 is 5.97 Å². The topological polar surface area (TPSA) is 66.8 Å². The van der Waals surface area contributed by atoms with Crippen molar-refractivity contribution < 1.29 is 19.4 Å². The zero-order valence-corrected chi connectivity index (χ0v) is 13.3. The summed E-state index contributed by atoms with van der Waals surface area (Å²) in [5, 5.41) is 9.16. The maximum absolute atomic E-state index is 12.5. The van der Waals surface area contributed by atoms with Crippen LogP contribution in [0.15, 0.2) is 24.3 Å². The summed E-state index contributed by atoms with van der Waals surface area (Å²) in [5.74, 6) is -0.398. The smallest absolute Gasteiger partial charge is 0.308 e. The molecule has 0 radical (unpaired) electrons. The average Bonchev–Trinajstić information content (AvgIpc) is 2.87. The van der Waals surface area contributed by atoms with Crippen molar-refractivity contribution in [3.63, 3.8) is 0 Å². The molecule has 1 aliphatic rings. The predicted molar refractivity (Wildman–Crippen MR) is 83.0 cm³/mol. The summed E-state index contributed by atoms with van der Waals surface area (Å²) in [5.41, 5.74) is 0.541. The molecule has 1 amide bonds. The number of hydrogen-bond acceptors (Lipinski definition) is 3. The van der Waals surface area contributed by atoms with Gasteiger partial charge in [-0.1, -0.05) is 26.8 Å². The molecule has 0 saturated carbocycles. The number of carboxylic acids is 1. The van der Waals surface area contributed by atoms with E-state index in [4.69, 9.17) is 9.84 Å². The highest BCUT2D eigenvalue weighted by atomic mass is 16.5. The fraction of sp³-hybridized carbons (Fsp3) is 0.529. The number of aliphatic carboxylic acids is 1. The molecule has 1 N–H and O–H groups in total. The Morgan fingerprint density at radius 1 is 1.36 bits per heavy atom. The first-order chi connectivity index (χ1) is 10.4. The first-order valence-electron chi connectivity index (χ1n) is 7.63. The molecule has 0 spiro atoms. The zero-order chi connectivity index (χ0) is 16.3. The Morgan fingerprint density at radius 2 is 2.09 bits per heavy atom. The second-order valence-corrected chi connectivity index (χ2v) is 6.36. The molecule has 0 unspecified atom stereocenters. The third-order valence-corrected chi connectivity index (χ3v) is 3.88. The van der Waals surface area contributed by atoms with Crippen molar-refractivity contribution in [1.29, 1.82) is 0 Å². The largest absolute Gasteiger partial charge is 0.493 e. The van der Waals surface area contributed by atoms with E-state index in [0.717, 1.165) is 0 Å². The van der Waals surface area contributed by atoms with Crippen LogP contribution < -0.4 is 4.74 Å². The lowest BCUT2D eigenvalue weighted by atomic mass is 9.99. The Bertz CT molecular complexity index is 555. The number of carbonyl (C=O) groups is 2. The molecule has 1 heterocycles. The zero-order valence-electron chi connectivity index (χ0n) is 13.3. The second-order valence-electron chi connectivity index (χ2n) is 6.36. The molecular weight excluding hydrogens is 282 g/mol. The molecule has 1 aliphatic heterocycles. The quantitative estimate of drug-likeness (QED) is 0.907. The summed E-state index contributed by atoms with van der Waals surface area (Å²) in [6, 6.07) is 7.08. The van der Waals surface area contributed by atoms with Gasteiger partial charge in [0.05, 0.1) is 12.5 Å². The lowest BCUT2D eigenvalue weighted by Crippen LogP contribution is -2.29. The van der Waals surface area contributed by atoms with Crippen LogP contribution in [0.5, 0.6) is 5.75 Å². The highest BCUT2D eigenvalue weighted by Gasteiger charge is 2.37. The van der Waals surface area contributed by atoms with Gasteiger partial charge in [0.25, 0.3) is 5.91 Å². The van der Waals surface area contributed by atoms with E-state index >= 15 is 0 Å². The molecule has 2 atom stereocenters. The van der Waals surface area contributed by atoms with E-state index in [-0.39, 0.29) is 18.4 Å². The van der Waals surface area contributed by atoms with Crippen LogP contribution in [0, 0.1) is 17.8 Å². The molecule has 5 nitrogen and oxygen atoms in total. The summed E-state index contributed by atoms with van der Waals surface area (Å²) in [6.45, 7) is 7.34. The van der Waals surface area contributed by atoms with Gasteiger partial charge in [-0.3, -0.25) is 9.59 Å². The maximum atomic E-state index is 12.5.